The van der Waals surface area contributed by atoms with Gasteiger partial charge in [-0.1, -0.05) is 312 Å². The number of carbonyl (C=O) groups is 2. The van der Waals surface area contributed by atoms with E-state index in [-0.39, 0.29) is 31.5 Å². The number of nitrogens with zero attached hydrogens (tertiary/aromatic N) is 1. The minimum atomic E-state index is -4.46. The molecule has 0 fully saturated rings. The Balaban J connectivity index is 5.12. The van der Waals surface area contributed by atoms with Crippen molar-refractivity contribution < 1.29 is 37.3 Å². The van der Waals surface area contributed by atoms with Gasteiger partial charge in [-0.3, -0.25) is 18.6 Å². The molecule has 0 heterocycles. The first-order valence-corrected chi connectivity index (χ1v) is 36.9. The van der Waals surface area contributed by atoms with Crippen molar-refractivity contribution in [2.45, 2.75) is 335 Å². The van der Waals surface area contributed by atoms with Crippen LogP contribution in [0, 0.1) is 0 Å². The van der Waals surface area contributed by atoms with E-state index in [1.807, 2.05) is 33.3 Å². The number of quaternary nitrogens is 1. The molecule has 2 N–H and O–H groups in total. The van der Waals surface area contributed by atoms with Crippen LogP contribution in [0.2, 0.25) is 0 Å². The van der Waals surface area contributed by atoms with E-state index < -0.39 is 20.0 Å². The summed E-state index contributed by atoms with van der Waals surface area (Å²) in [5.74, 6) is -0.513. The topological polar surface area (TPSA) is 111 Å². The highest BCUT2D eigenvalue weighted by atomic mass is 31.2. The predicted molar refractivity (Wildman–Crippen MR) is 364 cm³/mol. The van der Waals surface area contributed by atoms with Crippen molar-refractivity contribution in [3.8, 4) is 0 Å². The predicted octanol–water partition coefficient (Wildman–Crippen LogP) is 22.5. The molecular formula is C74H136N2O7P+. The van der Waals surface area contributed by atoms with Crippen LogP contribution in [0.25, 0.3) is 0 Å². The fourth-order valence-electron chi connectivity index (χ4n) is 10.2. The van der Waals surface area contributed by atoms with Gasteiger partial charge in [0.15, 0.2) is 0 Å². The Hall–Kier alpha value is -2.81. The van der Waals surface area contributed by atoms with E-state index in [0.29, 0.717) is 17.4 Å². The van der Waals surface area contributed by atoms with Crippen LogP contribution in [0.3, 0.4) is 0 Å². The van der Waals surface area contributed by atoms with Crippen LogP contribution in [0.1, 0.15) is 323 Å². The zero-order chi connectivity index (χ0) is 61.4. The van der Waals surface area contributed by atoms with E-state index >= 15 is 0 Å². The van der Waals surface area contributed by atoms with E-state index in [2.05, 4.69) is 99.0 Å². The van der Waals surface area contributed by atoms with Crippen molar-refractivity contribution in [2.75, 3.05) is 40.9 Å². The molecule has 84 heavy (non-hydrogen) atoms. The second-order valence-corrected chi connectivity index (χ2v) is 26.5. The maximum absolute atomic E-state index is 13.6. The number of rotatable bonds is 64. The first-order valence-electron chi connectivity index (χ1n) is 35.4. The summed E-state index contributed by atoms with van der Waals surface area (Å²) in [5, 5.41) is 3.07. The Morgan fingerprint density at radius 2 is 0.762 bits per heavy atom. The summed E-state index contributed by atoms with van der Waals surface area (Å²) in [7, 11) is 1.49. The molecule has 0 rings (SSSR count). The smallest absolute Gasteiger partial charge is 0.456 e. The minimum Gasteiger partial charge on any atom is -0.456 e. The minimum absolute atomic E-state index is 0.0361. The lowest BCUT2D eigenvalue weighted by molar-refractivity contribution is -0.870. The van der Waals surface area contributed by atoms with E-state index in [1.54, 1.807) is 0 Å². The molecule has 0 aromatic rings. The average Bonchev–Trinajstić information content (AvgIpc) is 3.64. The van der Waals surface area contributed by atoms with E-state index in [4.69, 9.17) is 13.8 Å². The van der Waals surface area contributed by atoms with Crippen molar-refractivity contribution in [1.82, 2.24) is 5.32 Å². The van der Waals surface area contributed by atoms with Gasteiger partial charge in [0.25, 0.3) is 0 Å². The summed E-state index contributed by atoms with van der Waals surface area (Å²) in [6.07, 6.45) is 84.5. The number of unbranched alkanes of at least 4 members (excludes halogenated alkanes) is 36. The van der Waals surface area contributed by atoms with Crippen molar-refractivity contribution >= 4 is 19.7 Å². The SMILES string of the molecule is CC/C=C\C/C=C\C/C=C\C/C=C\C/C=C\C/C=C\CCCCCCCCC(=O)OC(/C=C/CCCCCCCCCCCC)C(COP(=O)(O)OCC[N+](C)(C)C)NC(=O)CCCCCCCCCCCCCCCCCCCCCCC. The molecule has 0 spiro atoms. The van der Waals surface area contributed by atoms with Crippen LogP contribution in [-0.4, -0.2) is 74.3 Å². The summed E-state index contributed by atoms with van der Waals surface area (Å²) >= 11 is 0. The maximum atomic E-state index is 13.6. The number of phosphoric acid groups is 1. The zero-order valence-electron chi connectivity index (χ0n) is 55.9. The lowest BCUT2D eigenvalue weighted by Gasteiger charge is -2.27. The molecule has 0 radical (unpaired) electrons. The third kappa shape index (κ3) is 63.7. The van der Waals surface area contributed by atoms with Crippen LogP contribution in [0.5, 0.6) is 0 Å². The van der Waals surface area contributed by atoms with Gasteiger partial charge in [-0.05, 0) is 83.1 Å². The van der Waals surface area contributed by atoms with Gasteiger partial charge in [0.2, 0.25) is 5.91 Å². The van der Waals surface area contributed by atoms with Crippen molar-refractivity contribution in [2.24, 2.45) is 0 Å². The number of likely N-dealkylation sites (N-methyl/N-ethyl adjacent to an activating group) is 1. The quantitative estimate of drug-likeness (QED) is 0.0205. The van der Waals surface area contributed by atoms with Crippen molar-refractivity contribution in [1.29, 1.82) is 0 Å². The van der Waals surface area contributed by atoms with E-state index in [1.165, 1.54) is 167 Å². The lowest BCUT2D eigenvalue weighted by atomic mass is 10.0. The summed E-state index contributed by atoms with van der Waals surface area (Å²) in [6, 6.07) is -0.857. The number of hydrogen-bond acceptors (Lipinski definition) is 6. The third-order valence-electron chi connectivity index (χ3n) is 15.6. The van der Waals surface area contributed by atoms with Gasteiger partial charge in [-0.15, -0.1) is 0 Å². The molecule has 1 amide bonds. The van der Waals surface area contributed by atoms with Gasteiger partial charge >= 0.3 is 13.8 Å². The molecule has 0 bridgehead atoms. The molecule has 0 aliphatic heterocycles. The normalized spacial score (nSPS) is 14.0. The van der Waals surface area contributed by atoms with Gasteiger partial charge in [-0.25, -0.2) is 4.57 Å². The van der Waals surface area contributed by atoms with Gasteiger partial charge in [0.05, 0.1) is 33.8 Å². The van der Waals surface area contributed by atoms with Crippen LogP contribution < -0.4 is 5.32 Å². The number of ether oxygens (including phenoxy) is 1. The number of allylic oxidation sites excluding steroid dienone is 13. The summed E-state index contributed by atoms with van der Waals surface area (Å²) in [4.78, 5) is 37.9. The highest BCUT2D eigenvalue weighted by molar-refractivity contribution is 7.47. The molecule has 488 valence electrons. The first-order chi connectivity index (χ1) is 40.9. The maximum Gasteiger partial charge on any atom is 0.472 e. The van der Waals surface area contributed by atoms with Gasteiger partial charge in [0, 0.05) is 12.8 Å². The number of hydrogen-bond donors (Lipinski definition) is 2. The highest BCUT2D eigenvalue weighted by Gasteiger charge is 2.30. The summed E-state index contributed by atoms with van der Waals surface area (Å²) < 4.78 is 30.8. The molecule has 9 nitrogen and oxygen atoms in total. The van der Waals surface area contributed by atoms with Gasteiger partial charge in [0.1, 0.15) is 19.3 Å². The molecule has 10 heteroatoms. The van der Waals surface area contributed by atoms with Gasteiger partial charge in [-0.2, -0.15) is 0 Å². The molecule has 0 aliphatic rings. The van der Waals surface area contributed by atoms with Crippen LogP contribution in [0.15, 0.2) is 85.1 Å². The second kappa shape index (κ2) is 63.2. The molecule has 0 saturated heterocycles. The van der Waals surface area contributed by atoms with Crippen molar-refractivity contribution in [3.63, 3.8) is 0 Å². The zero-order valence-corrected chi connectivity index (χ0v) is 56.8. The number of carbonyl (C=O) groups excluding carboxylic acids is 2. The molecule has 0 aromatic heterocycles. The number of esters is 1. The van der Waals surface area contributed by atoms with Crippen LogP contribution in [0.4, 0.5) is 0 Å². The molecular weight excluding hydrogens is 1060 g/mol. The van der Waals surface area contributed by atoms with E-state index in [0.717, 1.165) is 122 Å². The standard InChI is InChI=1S/C74H135N2O7P/c1-7-10-13-16-19-22-25-28-30-32-34-36-37-38-39-41-43-45-47-49-52-55-58-61-64-67-74(78)83-72(65-62-59-56-53-50-27-24-21-18-15-12-9-3)71(70-82-84(79,80)81-69-68-76(4,5)6)75-73(77)66-63-60-57-54-51-48-46-44-42-40-35-33-31-29-26-23-20-17-14-11-8-2/h10,13,19,22,28,30,34,36,38-39,43,45,62,65,71-72H,7-9,11-12,14-18,20-21,23-27,29,31-33,35,37,40-42,44,46-61,63-64,66-70H2,1-6H3,(H-,75,77,79,80)/p+1/b13-10-,22-19-,30-28-,36-34-,39-38-,45-43-,65-62+. The fourth-order valence-corrected chi connectivity index (χ4v) is 10.9. The Kier molecular flexibility index (Phi) is 61.1. The Morgan fingerprint density at radius 3 is 1.14 bits per heavy atom. The number of nitrogens with one attached hydrogen (secondary N) is 1. The third-order valence-corrected chi connectivity index (χ3v) is 16.6. The van der Waals surface area contributed by atoms with Crippen LogP contribution >= 0.6 is 7.82 Å². The summed E-state index contributed by atoms with van der Waals surface area (Å²) in [5.41, 5.74) is 0. The molecule has 0 saturated carbocycles. The van der Waals surface area contributed by atoms with E-state index in [9.17, 15) is 19.0 Å². The molecule has 3 unspecified atom stereocenters. The average molecular weight is 1200 g/mol. The largest absolute Gasteiger partial charge is 0.472 e. The first kappa shape index (κ1) is 81.2. The number of amides is 1. The second-order valence-electron chi connectivity index (χ2n) is 25.0. The monoisotopic (exact) mass is 1200 g/mol. The molecule has 0 aromatic carbocycles. The van der Waals surface area contributed by atoms with Crippen molar-refractivity contribution in [3.05, 3.63) is 85.1 Å². The lowest BCUT2D eigenvalue weighted by Crippen LogP contribution is -2.47. The molecule has 3 atom stereocenters. The van der Waals surface area contributed by atoms with Crippen LogP contribution in [-0.2, 0) is 27.9 Å². The Labute approximate surface area is 520 Å². The highest BCUT2D eigenvalue weighted by Crippen LogP contribution is 2.43. The summed E-state index contributed by atoms with van der Waals surface area (Å²) in [6.45, 7) is 6.92. The number of phosphoric ester groups is 1. The van der Waals surface area contributed by atoms with Gasteiger partial charge < -0.3 is 19.4 Å². The Bertz CT molecular complexity index is 1710. The fraction of sp³-hybridized carbons (Fsp3) is 0.784. The Morgan fingerprint density at radius 1 is 0.429 bits per heavy atom. The molecule has 0 aliphatic carbocycles.